The SMILES string of the molecule is C=C(CSC(C)=O)NCC(=O)NCC(=O)NCC(=O)C(C)C.CC(C)N(CCN(CCN(COC=O)COC=O)CC(=O)O)COC=O.CC(C)N(Cc1ccccn1)Cc1ccccn1.CCN1CCN(CC)CCN(C(C)C)CCN(COC=O)CC1.CCN1CCN(COC=O)CCN(C(C)C)CC1. The summed E-state index contributed by atoms with van der Waals surface area (Å²) in [6.07, 6.45) is 3.68. The number of carboxylic acids is 1. The third-order valence-corrected chi connectivity index (χ3v) is 18.3. The van der Waals surface area contributed by atoms with Gasteiger partial charge >= 0.3 is 5.97 Å². The topological polar surface area (TPSA) is 335 Å². The zero-order valence-corrected chi connectivity index (χ0v) is 67.5. The van der Waals surface area contributed by atoms with Crippen molar-refractivity contribution in [2.45, 2.75) is 134 Å². The second-order valence-corrected chi connectivity index (χ2v) is 27.9. The minimum Gasteiger partial charge on any atom is -0.480 e. The molecule has 0 aromatic carbocycles. The van der Waals surface area contributed by atoms with E-state index >= 15 is 0 Å². The van der Waals surface area contributed by atoms with Gasteiger partial charge in [0.15, 0.2) is 10.9 Å². The van der Waals surface area contributed by atoms with E-state index in [1.807, 2.05) is 55.4 Å². The minimum atomic E-state index is -0.981. The van der Waals surface area contributed by atoms with Crippen molar-refractivity contribution in [3.8, 4) is 0 Å². The monoisotopic (exact) mass is 1530 g/mol. The van der Waals surface area contributed by atoms with Gasteiger partial charge in [-0.25, -0.2) is 4.90 Å². The Kier molecular flexibility index (Phi) is 59.5. The number of Topliss-reactive ketones (excluding diaryl/α,β-unsaturated/α-hetero) is 1. The molecule has 0 saturated carbocycles. The van der Waals surface area contributed by atoms with Gasteiger partial charge in [-0.05, 0) is 99.3 Å². The van der Waals surface area contributed by atoms with Gasteiger partial charge in [0, 0.05) is 192 Å². The van der Waals surface area contributed by atoms with E-state index in [2.05, 4.69) is 156 Å². The van der Waals surface area contributed by atoms with Gasteiger partial charge in [-0.15, -0.1) is 0 Å². The first-order valence-electron chi connectivity index (χ1n) is 37.1. The number of likely N-dealkylation sites (N-methyl/N-ethyl adjacent to an activating group) is 3. The molecule has 107 heavy (non-hydrogen) atoms. The number of aliphatic carboxylic acids is 1. The zero-order valence-electron chi connectivity index (χ0n) is 66.7. The molecule has 2 aromatic heterocycles. The van der Waals surface area contributed by atoms with Gasteiger partial charge in [-0.2, -0.15) is 0 Å². The average molecular weight is 1530 g/mol. The largest absolute Gasteiger partial charge is 0.480 e. The Morgan fingerprint density at radius 2 is 0.879 bits per heavy atom. The second-order valence-electron chi connectivity index (χ2n) is 26.8. The van der Waals surface area contributed by atoms with Gasteiger partial charge in [0.05, 0.1) is 37.6 Å². The molecule has 0 aliphatic carbocycles. The summed E-state index contributed by atoms with van der Waals surface area (Å²) < 4.78 is 23.9. The first-order valence-corrected chi connectivity index (χ1v) is 38.1. The average Bonchev–Trinajstić information content (AvgIpc) is 1.05. The molecule has 2 aliphatic rings. The Bertz CT molecular complexity index is 2650. The number of hydrogen-bond donors (Lipinski definition) is 4. The number of carbonyl (C=O) groups is 10. The predicted octanol–water partition coefficient (Wildman–Crippen LogP) is 2.74. The standard InChI is InChI=1S/C17H36N4O2.C15H27N3O8.C15H19N3.C14H23N3O4S.C13H27N3O2/c1-5-18-7-8-19(6-2)11-13-21(17(3)4)14-12-20(10-9-18)15-23-16-22;1-14(2)18(10-26-13-21)6-5-16(7-15(22)23)3-4-17(8-24-11-19)9-25-12-20;1-13(2)18(11-14-7-3-5-9-16-14)12-15-8-4-6-10-17-15;1-9(2)12(19)5-16-14(21)7-17-13(20)6-15-10(3)8-22-11(4)18;1-4-14-5-6-15(11-18-12-17)8-10-16(9-7-14)13(2)3/h16-17H,5-15H2,1-4H3;11-14H,3-10H2,1-2H3,(H,22,23);3-10,13H,11-12H2,1-2H3;9,15H,3,5-8H2,1-2,4H3,(H,16,21)(H,17,20);12-13H,4-11H2,1-3H3. The molecule has 2 fully saturated rings. The summed E-state index contributed by atoms with van der Waals surface area (Å²) >= 11 is 1.09. The van der Waals surface area contributed by atoms with Crippen LogP contribution < -0.4 is 16.0 Å². The van der Waals surface area contributed by atoms with Crippen molar-refractivity contribution in [1.82, 2.24) is 79.8 Å². The molecule has 610 valence electrons. The third-order valence-electron chi connectivity index (χ3n) is 17.4. The van der Waals surface area contributed by atoms with Crippen molar-refractivity contribution in [2.24, 2.45) is 5.92 Å². The van der Waals surface area contributed by atoms with Gasteiger partial charge in [-0.1, -0.05) is 65.1 Å². The van der Waals surface area contributed by atoms with Crippen LogP contribution in [0.4, 0.5) is 0 Å². The smallest absolute Gasteiger partial charge is 0.317 e. The van der Waals surface area contributed by atoms with Crippen LogP contribution in [-0.4, -0.2) is 357 Å². The highest BCUT2D eigenvalue weighted by Crippen LogP contribution is 2.12. The molecular weight excluding hydrogens is 1400 g/mol. The van der Waals surface area contributed by atoms with Gasteiger partial charge in [0.2, 0.25) is 11.8 Å². The van der Waals surface area contributed by atoms with E-state index < -0.39 is 11.9 Å². The Hall–Kier alpha value is -7.15. The number of hydrogen-bond acceptors (Lipinski definition) is 30. The van der Waals surface area contributed by atoms with Crippen molar-refractivity contribution in [2.75, 3.05) is 203 Å². The lowest BCUT2D eigenvalue weighted by Crippen LogP contribution is -2.47. The number of rotatable bonds is 44. The highest BCUT2D eigenvalue weighted by atomic mass is 32.2. The molecule has 0 unspecified atom stereocenters. The molecule has 4 N–H and O–H groups in total. The Balaban J connectivity index is 0.00000132. The van der Waals surface area contributed by atoms with Crippen molar-refractivity contribution < 1.29 is 76.7 Å². The molecular formula is C74H132N16O16S. The molecule has 2 aliphatic heterocycles. The first-order chi connectivity index (χ1) is 51.2. The summed E-state index contributed by atoms with van der Waals surface area (Å²) in [6.45, 7) is 56.0. The maximum Gasteiger partial charge on any atom is 0.317 e. The number of amides is 2. The Morgan fingerprint density at radius 3 is 1.24 bits per heavy atom. The van der Waals surface area contributed by atoms with E-state index in [1.165, 1.54) is 11.8 Å². The summed E-state index contributed by atoms with van der Waals surface area (Å²) in [5.41, 5.74) is 2.76. The first kappa shape index (κ1) is 99.8. The van der Waals surface area contributed by atoms with Crippen molar-refractivity contribution >= 4 is 72.8 Å². The maximum atomic E-state index is 11.5. The maximum absolute atomic E-state index is 11.5. The molecule has 2 aromatic rings. The fourth-order valence-corrected chi connectivity index (χ4v) is 10.7. The van der Waals surface area contributed by atoms with E-state index in [4.69, 9.17) is 19.3 Å². The molecule has 2 saturated heterocycles. The quantitative estimate of drug-likeness (QED) is 0.0421. The Labute approximate surface area is 642 Å². The molecule has 33 heteroatoms. The van der Waals surface area contributed by atoms with E-state index in [1.54, 1.807) is 18.7 Å². The number of pyridine rings is 2. The summed E-state index contributed by atoms with van der Waals surface area (Å²) in [5, 5.41) is 16.7. The summed E-state index contributed by atoms with van der Waals surface area (Å²) in [7, 11) is 0. The van der Waals surface area contributed by atoms with E-state index in [0.29, 0.717) is 88.6 Å². The lowest BCUT2D eigenvalue weighted by Gasteiger charge is -2.34. The Morgan fingerprint density at radius 1 is 0.505 bits per heavy atom. The number of ether oxygens (including phenoxy) is 5. The summed E-state index contributed by atoms with van der Waals surface area (Å²) in [5.74, 6) is -1.60. The zero-order chi connectivity index (χ0) is 80.2. The van der Waals surface area contributed by atoms with Gasteiger partial charge in [-0.3, -0.25) is 92.2 Å². The summed E-state index contributed by atoms with van der Waals surface area (Å²) in [4.78, 5) is 141. The molecule has 0 atom stereocenters. The molecule has 4 heterocycles. The van der Waals surface area contributed by atoms with Crippen LogP contribution in [0.25, 0.3) is 0 Å². The van der Waals surface area contributed by atoms with Crippen LogP contribution in [0.5, 0.6) is 0 Å². The minimum absolute atomic E-state index is 0.0278. The van der Waals surface area contributed by atoms with Crippen molar-refractivity contribution in [1.29, 1.82) is 0 Å². The number of nitrogens with zero attached hydrogens (tertiary/aromatic N) is 13. The van der Waals surface area contributed by atoms with E-state index in [9.17, 15) is 47.9 Å². The predicted molar refractivity (Wildman–Crippen MR) is 415 cm³/mol. The van der Waals surface area contributed by atoms with Crippen LogP contribution in [0.1, 0.15) is 108 Å². The molecule has 4 rings (SSSR count). The number of ketones is 1. The van der Waals surface area contributed by atoms with Gasteiger partial charge in [0.1, 0.15) is 33.7 Å². The van der Waals surface area contributed by atoms with Crippen LogP contribution in [0.2, 0.25) is 0 Å². The fraction of sp³-hybridized carbons (Fsp3) is 0.703. The third kappa shape index (κ3) is 53.3. The molecule has 0 radical (unpaired) electrons. The molecule has 0 spiro atoms. The van der Waals surface area contributed by atoms with Crippen molar-refractivity contribution in [3.05, 3.63) is 72.5 Å². The lowest BCUT2D eigenvalue weighted by atomic mass is 10.1. The number of thioether (sulfide) groups is 1. The number of nitrogens with one attached hydrogen (secondary N) is 3. The number of carbonyl (C=O) groups excluding carboxylic acids is 9. The van der Waals surface area contributed by atoms with Gasteiger partial charge in [0.25, 0.3) is 32.4 Å². The second kappa shape index (κ2) is 63.7. The van der Waals surface area contributed by atoms with Crippen LogP contribution in [0.15, 0.2) is 61.1 Å². The van der Waals surface area contributed by atoms with E-state index in [-0.39, 0.29) is 88.1 Å². The van der Waals surface area contributed by atoms with Crippen molar-refractivity contribution in [3.63, 3.8) is 0 Å². The highest BCUT2D eigenvalue weighted by Gasteiger charge is 2.22. The van der Waals surface area contributed by atoms with Crippen LogP contribution in [-0.2, 0) is 84.7 Å². The highest BCUT2D eigenvalue weighted by molar-refractivity contribution is 8.13. The van der Waals surface area contributed by atoms with Crippen LogP contribution >= 0.6 is 11.8 Å². The number of carboxylic acid groups (broad SMARTS) is 1. The number of aromatic nitrogens is 2. The lowest BCUT2D eigenvalue weighted by molar-refractivity contribution is -0.142. The molecule has 32 nitrogen and oxygen atoms in total. The normalized spacial score (nSPS) is 14.9. The van der Waals surface area contributed by atoms with Gasteiger partial charge < -0.3 is 59.4 Å². The molecule has 0 bridgehead atoms. The van der Waals surface area contributed by atoms with E-state index in [0.717, 1.165) is 148 Å². The van der Waals surface area contributed by atoms with Crippen LogP contribution in [0, 0.1) is 5.92 Å². The summed E-state index contributed by atoms with van der Waals surface area (Å²) in [6, 6.07) is 13.8. The molecule has 2 amide bonds. The van der Waals surface area contributed by atoms with Crippen LogP contribution in [0.3, 0.4) is 0 Å². The fourth-order valence-electron chi connectivity index (χ4n) is 10.2.